The molecule has 2 rings (SSSR count). The Bertz CT molecular complexity index is 661. The molecular weight excluding hydrogens is 364 g/mol. The van der Waals surface area contributed by atoms with E-state index in [9.17, 15) is 0 Å². The van der Waals surface area contributed by atoms with Crippen LogP contribution in [0.15, 0.2) is 17.1 Å². The summed E-state index contributed by atoms with van der Waals surface area (Å²) >= 11 is 0. The quantitative estimate of drug-likeness (QED) is 0.335. The number of ether oxygens (including phenoxy) is 2. The van der Waals surface area contributed by atoms with Gasteiger partial charge in [-0.1, -0.05) is 0 Å². The Morgan fingerprint density at radius 3 is 2.76 bits per heavy atom. The van der Waals surface area contributed by atoms with Crippen LogP contribution < -0.4 is 20.1 Å². The van der Waals surface area contributed by atoms with Gasteiger partial charge in [-0.2, -0.15) is 0 Å². The molecule has 1 aromatic rings. The predicted octanol–water partition coefficient (Wildman–Crippen LogP) is 3.58. The third kappa shape index (κ3) is 7.42. The zero-order chi connectivity index (χ0) is 21.2. The van der Waals surface area contributed by atoms with E-state index in [0.717, 1.165) is 55.5 Å². The van der Waals surface area contributed by atoms with Crippen molar-refractivity contribution in [3.8, 4) is 11.5 Å². The van der Waals surface area contributed by atoms with Gasteiger partial charge in [-0.3, -0.25) is 0 Å². The first kappa shape index (κ1) is 23.3. The average Bonchev–Trinajstić information content (AvgIpc) is 3.04. The van der Waals surface area contributed by atoms with E-state index in [1.165, 1.54) is 12.0 Å². The van der Waals surface area contributed by atoms with E-state index in [1.807, 2.05) is 6.92 Å². The highest BCUT2D eigenvalue weighted by atomic mass is 16.5. The van der Waals surface area contributed by atoms with Gasteiger partial charge in [0, 0.05) is 36.7 Å². The summed E-state index contributed by atoms with van der Waals surface area (Å²) in [7, 11) is 2.18. The Kier molecular flexibility index (Phi) is 9.58. The van der Waals surface area contributed by atoms with Crippen molar-refractivity contribution in [1.29, 1.82) is 0 Å². The van der Waals surface area contributed by atoms with Gasteiger partial charge in [-0.05, 0) is 73.2 Å². The second-order valence-electron chi connectivity index (χ2n) is 8.04. The first-order chi connectivity index (χ1) is 13.9. The number of guanidine groups is 1. The van der Waals surface area contributed by atoms with Crippen LogP contribution in [0.1, 0.15) is 58.6 Å². The highest BCUT2D eigenvalue weighted by Crippen LogP contribution is 2.35. The fourth-order valence-electron chi connectivity index (χ4n) is 3.35. The number of hydrogen-bond donors (Lipinski definition) is 2. The maximum absolute atomic E-state index is 5.92. The molecule has 2 N–H and O–H groups in total. The SMILES string of the molecule is CCNC(=NCc1cc2c(cc1OCC)CC(C)O2)NCCCCN(C)C(C)C. The molecule has 6 nitrogen and oxygen atoms in total. The summed E-state index contributed by atoms with van der Waals surface area (Å²) in [5.74, 6) is 2.74. The number of fused-ring (bicyclic) bond motifs is 1. The molecule has 1 unspecified atom stereocenters. The Morgan fingerprint density at radius 1 is 1.28 bits per heavy atom. The van der Waals surface area contributed by atoms with Crippen LogP contribution in [0.4, 0.5) is 0 Å². The molecule has 1 aliphatic rings. The topological polar surface area (TPSA) is 58.1 Å². The van der Waals surface area contributed by atoms with Crippen molar-refractivity contribution in [2.45, 2.75) is 72.6 Å². The van der Waals surface area contributed by atoms with Crippen LogP contribution in [0.3, 0.4) is 0 Å². The van der Waals surface area contributed by atoms with Gasteiger partial charge in [0.05, 0.1) is 13.2 Å². The number of benzene rings is 1. The van der Waals surface area contributed by atoms with E-state index in [-0.39, 0.29) is 6.10 Å². The van der Waals surface area contributed by atoms with Gasteiger partial charge in [0.25, 0.3) is 0 Å². The maximum atomic E-state index is 5.92. The second-order valence-corrected chi connectivity index (χ2v) is 8.04. The molecule has 29 heavy (non-hydrogen) atoms. The minimum Gasteiger partial charge on any atom is -0.494 e. The lowest BCUT2D eigenvalue weighted by Gasteiger charge is -2.20. The first-order valence-electron chi connectivity index (χ1n) is 11.1. The van der Waals surface area contributed by atoms with Crippen LogP contribution >= 0.6 is 0 Å². The molecule has 0 aliphatic carbocycles. The molecule has 1 heterocycles. The summed E-state index contributed by atoms with van der Waals surface area (Å²) in [6, 6.07) is 4.82. The summed E-state index contributed by atoms with van der Waals surface area (Å²) < 4.78 is 11.8. The molecular formula is C23H40N4O2. The number of nitrogens with one attached hydrogen (secondary N) is 2. The Balaban J connectivity index is 1.94. The van der Waals surface area contributed by atoms with Crippen molar-refractivity contribution >= 4 is 5.96 Å². The van der Waals surface area contributed by atoms with Crippen LogP contribution in [0.2, 0.25) is 0 Å². The van der Waals surface area contributed by atoms with Gasteiger partial charge in [0.15, 0.2) is 5.96 Å². The van der Waals surface area contributed by atoms with Crippen molar-refractivity contribution in [2.75, 3.05) is 33.3 Å². The fourth-order valence-corrected chi connectivity index (χ4v) is 3.35. The lowest BCUT2D eigenvalue weighted by molar-refractivity contribution is 0.254. The number of hydrogen-bond acceptors (Lipinski definition) is 4. The van der Waals surface area contributed by atoms with E-state index >= 15 is 0 Å². The van der Waals surface area contributed by atoms with Gasteiger partial charge in [0.1, 0.15) is 17.6 Å². The van der Waals surface area contributed by atoms with Crippen molar-refractivity contribution < 1.29 is 9.47 Å². The van der Waals surface area contributed by atoms with Crippen molar-refractivity contribution in [2.24, 2.45) is 4.99 Å². The molecule has 164 valence electrons. The van der Waals surface area contributed by atoms with E-state index in [4.69, 9.17) is 14.5 Å². The average molecular weight is 405 g/mol. The molecule has 6 heteroatoms. The van der Waals surface area contributed by atoms with Gasteiger partial charge >= 0.3 is 0 Å². The van der Waals surface area contributed by atoms with E-state index in [0.29, 0.717) is 19.2 Å². The summed E-state index contributed by atoms with van der Waals surface area (Å²) in [4.78, 5) is 7.16. The Labute approximate surface area is 177 Å². The summed E-state index contributed by atoms with van der Waals surface area (Å²) in [5.41, 5.74) is 2.29. The van der Waals surface area contributed by atoms with E-state index in [1.54, 1.807) is 0 Å². The number of nitrogens with zero attached hydrogens (tertiary/aromatic N) is 2. The fraction of sp³-hybridized carbons (Fsp3) is 0.696. The third-order valence-electron chi connectivity index (χ3n) is 5.24. The molecule has 1 aliphatic heterocycles. The van der Waals surface area contributed by atoms with Crippen molar-refractivity contribution in [3.63, 3.8) is 0 Å². The molecule has 1 atom stereocenters. The lowest BCUT2D eigenvalue weighted by Crippen LogP contribution is -2.38. The standard InChI is InChI=1S/C23H40N4O2/c1-7-24-23(25-11-9-10-12-27(6)17(3)4)26-16-20-15-22-19(13-18(5)29-22)14-21(20)28-8-2/h14-15,17-18H,7-13,16H2,1-6H3,(H2,24,25,26). The highest BCUT2D eigenvalue weighted by Gasteiger charge is 2.21. The van der Waals surface area contributed by atoms with E-state index in [2.05, 4.69) is 62.4 Å². The molecule has 0 saturated carbocycles. The molecule has 0 fully saturated rings. The molecule has 1 aromatic carbocycles. The smallest absolute Gasteiger partial charge is 0.191 e. The molecule has 0 aromatic heterocycles. The first-order valence-corrected chi connectivity index (χ1v) is 11.1. The van der Waals surface area contributed by atoms with Crippen LogP contribution in [-0.4, -0.2) is 56.3 Å². The van der Waals surface area contributed by atoms with Gasteiger partial charge in [-0.25, -0.2) is 4.99 Å². The summed E-state index contributed by atoms with van der Waals surface area (Å²) in [5, 5.41) is 6.79. The summed E-state index contributed by atoms with van der Waals surface area (Å²) in [6.07, 6.45) is 3.47. The van der Waals surface area contributed by atoms with Crippen LogP contribution in [0.25, 0.3) is 0 Å². The zero-order valence-corrected chi connectivity index (χ0v) is 19.2. The Morgan fingerprint density at radius 2 is 2.07 bits per heavy atom. The minimum absolute atomic E-state index is 0.229. The van der Waals surface area contributed by atoms with Gasteiger partial charge in [0.2, 0.25) is 0 Å². The van der Waals surface area contributed by atoms with Crippen LogP contribution in [0, 0.1) is 0 Å². The monoisotopic (exact) mass is 404 g/mol. The predicted molar refractivity (Wildman–Crippen MR) is 121 cm³/mol. The zero-order valence-electron chi connectivity index (χ0n) is 19.2. The molecule has 0 spiro atoms. The second kappa shape index (κ2) is 11.9. The number of unbranched alkanes of at least 4 members (excludes halogenated alkanes) is 1. The molecule has 0 amide bonds. The highest BCUT2D eigenvalue weighted by molar-refractivity contribution is 5.79. The number of aliphatic imine (C=N–C) groups is 1. The largest absolute Gasteiger partial charge is 0.494 e. The lowest BCUT2D eigenvalue weighted by atomic mass is 10.1. The third-order valence-corrected chi connectivity index (χ3v) is 5.24. The maximum Gasteiger partial charge on any atom is 0.191 e. The van der Waals surface area contributed by atoms with Crippen molar-refractivity contribution in [1.82, 2.24) is 15.5 Å². The number of rotatable bonds is 11. The minimum atomic E-state index is 0.229. The van der Waals surface area contributed by atoms with Gasteiger partial charge < -0.3 is 25.0 Å². The van der Waals surface area contributed by atoms with Crippen LogP contribution in [0.5, 0.6) is 11.5 Å². The molecule has 0 radical (unpaired) electrons. The Hall–Kier alpha value is -1.95. The van der Waals surface area contributed by atoms with Gasteiger partial charge in [-0.15, -0.1) is 0 Å². The molecule has 0 bridgehead atoms. The van der Waals surface area contributed by atoms with E-state index < -0.39 is 0 Å². The van der Waals surface area contributed by atoms with Crippen molar-refractivity contribution in [3.05, 3.63) is 23.3 Å². The normalized spacial score (nSPS) is 16.1. The summed E-state index contributed by atoms with van der Waals surface area (Å²) in [6.45, 7) is 14.8. The molecule has 0 saturated heterocycles. The van der Waals surface area contributed by atoms with Crippen LogP contribution in [-0.2, 0) is 13.0 Å².